The second-order valence-corrected chi connectivity index (χ2v) is 6.09. The summed E-state index contributed by atoms with van der Waals surface area (Å²) in [6.45, 7) is 1.05. The largest absolute Gasteiger partial charge is 0.385 e. The van der Waals surface area contributed by atoms with Crippen molar-refractivity contribution in [1.29, 1.82) is 0 Å². The van der Waals surface area contributed by atoms with Crippen molar-refractivity contribution in [1.82, 2.24) is 9.97 Å². The molecule has 0 saturated carbocycles. The van der Waals surface area contributed by atoms with E-state index in [0.717, 1.165) is 35.4 Å². The summed E-state index contributed by atoms with van der Waals surface area (Å²) in [6.07, 6.45) is 2.27. The fraction of sp³-hybridized carbons (Fsp3) is 0.188. The smallest absolute Gasteiger partial charge is 0.138 e. The number of hydrogen-bond acceptors (Lipinski definition) is 2. The first kappa shape index (κ1) is 13.0. The fourth-order valence-corrected chi connectivity index (χ4v) is 3.09. The summed E-state index contributed by atoms with van der Waals surface area (Å²) >= 11 is 12.1. The van der Waals surface area contributed by atoms with Crippen molar-refractivity contribution in [3.63, 3.8) is 0 Å². The van der Waals surface area contributed by atoms with Crippen LogP contribution in [0.3, 0.4) is 0 Å². The van der Waals surface area contributed by atoms with Gasteiger partial charge >= 0.3 is 0 Å². The van der Waals surface area contributed by atoms with E-state index < -0.39 is 0 Å². The molecule has 3 nitrogen and oxygen atoms in total. The van der Waals surface area contributed by atoms with Gasteiger partial charge in [-0.05, 0) is 48.7 Å². The van der Waals surface area contributed by atoms with E-state index in [0.29, 0.717) is 10.0 Å². The maximum Gasteiger partial charge on any atom is 0.138 e. The predicted octanol–water partition coefficient (Wildman–Crippen LogP) is 4.89. The van der Waals surface area contributed by atoms with Gasteiger partial charge in [-0.15, -0.1) is 0 Å². The second-order valence-electron chi connectivity index (χ2n) is 5.27. The predicted molar refractivity (Wildman–Crippen MR) is 88.4 cm³/mol. The number of halogens is 2. The highest BCUT2D eigenvalue weighted by atomic mass is 35.5. The van der Waals surface area contributed by atoms with Crippen molar-refractivity contribution in [2.75, 3.05) is 11.9 Å². The Morgan fingerprint density at radius 3 is 2.81 bits per heavy atom. The average Bonchev–Trinajstić information content (AvgIpc) is 2.90. The number of rotatable bonds is 1. The lowest BCUT2D eigenvalue weighted by Gasteiger charge is -2.18. The molecule has 0 amide bonds. The van der Waals surface area contributed by atoms with E-state index in [1.54, 1.807) is 6.07 Å². The SMILES string of the molecule is Clc1cc2nc(-c3ccc4c(c3)CCCN4)[nH]c2cc1Cl. The lowest BCUT2D eigenvalue weighted by Crippen LogP contribution is -2.11. The van der Waals surface area contributed by atoms with E-state index in [4.69, 9.17) is 23.2 Å². The third-order valence-corrected chi connectivity index (χ3v) is 4.56. The van der Waals surface area contributed by atoms with Gasteiger partial charge in [-0.1, -0.05) is 23.2 Å². The van der Waals surface area contributed by atoms with Crippen LogP contribution < -0.4 is 5.32 Å². The highest BCUT2D eigenvalue weighted by molar-refractivity contribution is 6.42. The van der Waals surface area contributed by atoms with E-state index in [1.165, 1.54) is 17.7 Å². The van der Waals surface area contributed by atoms with Gasteiger partial charge in [0.05, 0.1) is 21.1 Å². The Hall–Kier alpha value is -1.71. The Morgan fingerprint density at radius 2 is 1.90 bits per heavy atom. The third kappa shape index (κ3) is 2.27. The Kier molecular flexibility index (Phi) is 3.05. The minimum Gasteiger partial charge on any atom is -0.385 e. The van der Waals surface area contributed by atoms with E-state index >= 15 is 0 Å². The average molecular weight is 318 g/mol. The van der Waals surface area contributed by atoms with Gasteiger partial charge in [-0.3, -0.25) is 0 Å². The third-order valence-electron chi connectivity index (χ3n) is 3.84. The summed E-state index contributed by atoms with van der Waals surface area (Å²) in [5.41, 5.74) is 5.38. The molecule has 0 fully saturated rings. The molecule has 0 spiro atoms. The summed E-state index contributed by atoms with van der Waals surface area (Å²) in [6, 6.07) is 10.0. The fourth-order valence-electron chi connectivity index (χ4n) is 2.76. The molecule has 0 unspecified atom stereocenters. The summed E-state index contributed by atoms with van der Waals surface area (Å²) in [5, 5.41) is 4.48. The molecule has 0 aliphatic carbocycles. The molecule has 5 heteroatoms. The first-order valence-electron chi connectivity index (χ1n) is 6.93. The first-order valence-corrected chi connectivity index (χ1v) is 7.68. The molecule has 2 aromatic carbocycles. The van der Waals surface area contributed by atoms with Crippen LogP contribution in [0.5, 0.6) is 0 Å². The summed E-state index contributed by atoms with van der Waals surface area (Å²) in [4.78, 5) is 7.93. The van der Waals surface area contributed by atoms with Crippen molar-refractivity contribution in [3.05, 3.63) is 45.9 Å². The molecule has 21 heavy (non-hydrogen) atoms. The number of aromatic nitrogens is 2. The number of H-pyrrole nitrogens is 1. The van der Waals surface area contributed by atoms with Crippen LogP contribution >= 0.6 is 23.2 Å². The summed E-state index contributed by atoms with van der Waals surface area (Å²) in [5.74, 6) is 0.844. The molecule has 2 heterocycles. The molecule has 0 bridgehead atoms. The number of hydrogen-bond donors (Lipinski definition) is 2. The van der Waals surface area contributed by atoms with E-state index in [1.807, 2.05) is 6.07 Å². The Bertz CT molecular complexity index is 800. The molecule has 1 aliphatic rings. The van der Waals surface area contributed by atoms with Gasteiger partial charge in [0.15, 0.2) is 0 Å². The van der Waals surface area contributed by atoms with E-state index in [9.17, 15) is 0 Å². The molecule has 0 atom stereocenters. The van der Waals surface area contributed by atoms with Crippen LogP contribution in [0, 0.1) is 0 Å². The second kappa shape index (κ2) is 4.93. The Morgan fingerprint density at radius 1 is 1.05 bits per heavy atom. The van der Waals surface area contributed by atoms with Gasteiger partial charge < -0.3 is 10.3 Å². The lowest BCUT2D eigenvalue weighted by molar-refractivity contribution is 0.830. The molecule has 2 N–H and O–H groups in total. The molecular weight excluding hydrogens is 305 g/mol. The molecule has 1 aromatic heterocycles. The maximum absolute atomic E-state index is 6.05. The van der Waals surface area contributed by atoms with Crippen LogP contribution in [0.2, 0.25) is 10.0 Å². The zero-order chi connectivity index (χ0) is 14.4. The first-order chi connectivity index (χ1) is 10.2. The summed E-state index contributed by atoms with van der Waals surface area (Å²) < 4.78 is 0. The molecule has 0 saturated heterocycles. The van der Waals surface area contributed by atoms with Gasteiger partial charge in [0.1, 0.15) is 5.82 Å². The van der Waals surface area contributed by atoms with Gasteiger partial charge in [0, 0.05) is 17.8 Å². The number of imidazole rings is 1. The van der Waals surface area contributed by atoms with Gasteiger partial charge in [0.2, 0.25) is 0 Å². The zero-order valence-electron chi connectivity index (χ0n) is 11.2. The number of fused-ring (bicyclic) bond motifs is 2. The standard InChI is InChI=1S/C16H13Cl2N3/c17-11-7-14-15(8-12(11)18)21-16(20-14)10-3-4-13-9(6-10)2-1-5-19-13/h3-4,6-8,19H,1-2,5H2,(H,20,21). The number of aromatic amines is 1. The number of nitrogens with zero attached hydrogens (tertiary/aromatic N) is 1. The Labute approximate surface area is 132 Å². The maximum atomic E-state index is 6.05. The van der Waals surface area contributed by atoms with Crippen LogP contribution in [-0.4, -0.2) is 16.5 Å². The zero-order valence-corrected chi connectivity index (χ0v) is 12.7. The van der Waals surface area contributed by atoms with Gasteiger partial charge in [-0.2, -0.15) is 0 Å². The van der Waals surface area contributed by atoms with E-state index in [2.05, 4.69) is 33.5 Å². The molecule has 0 radical (unpaired) electrons. The van der Waals surface area contributed by atoms with Crippen molar-refractivity contribution >= 4 is 39.9 Å². The Balaban J connectivity index is 1.82. The molecular formula is C16H13Cl2N3. The van der Waals surface area contributed by atoms with Crippen molar-refractivity contribution < 1.29 is 0 Å². The van der Waals surface area contributed by atoms with Crippen LogP contribution in [0.15, 0.2) is 30.3 Å². The van der Waals surface area contributed by atoms with Gasteiger partial charge in [-0.25, -0.2) is 4.98 Å². The molecule has 1 aliphatic heterocycles. The molecule has 106 valence electrons. The van der Waals surface area contributed by atoms with E-state index in [-0.39, 0.29) is 0 Å². The topological polar surface area (TPSA) is 40.7 Å². The van der Waals surface area contributed by atoms with Crippen LogP contribution in [0.4, 0.5) is 5.69 Å². The lowest BCUT2D eigenvalue weighted by atomic mass is 10.0. The number of aryl methyl sites for hydroxylation is 1. The van der Waals surface area contributed by atoms with Crippen LogP contribution in [-0.2, 0) is 6.42 Å². The van der Waals surface area contributed by atoms with Gasteiger partial charge in [0.25, 0.3) is 0 Å². The minimum absolute atomic E-state index is 0.525. The monoisotopic (exact) mass is 317 g/mol. The van der Waals surface area contributed by atoms with Crippen molar-refractivity contribution in [2.24, 2.45) is 0 Å². The van der Waals surface area contributed by atoms with Crippen LogP contribution in [0.25, 0.3) is 22.4 Å². The normalized spacial score (nSPS) is 14.0. The minimum atomic E-state index is 0.525. The summed E-state index contributed by atoms with van der Waals surface area (Å²) in [7, 11) is 0. The van der Waals surface area contributed by atoms with Crippen LogP contribution in [0.1, 0.15) is 12.0 Å². The molecule has 4 rings (SSSR count). The number of nitrogens with one attached hydrogen (secondary N) is 2. The highest BCUT2D eigenvalue weighted by Crippen LogP contribution is 2.31. The number of anilines is 1. The quantitative estimate of drug-likeness (QED) is 0.670. The number of benzene rings is 2. The highest BCUT2D eigenvalue weighted by Gasteiger charge is 2.12. The van der Waals surface area contributed by atoms with Crippen molar-refractivity contribution in [3.8, 4) is 11.4 Å². The van der Waals surface area contributed by atoms with Crippen molar-refractivity contribution in [2.45, 2.75) is 12.8 Å². The molecule has 3 aromatic rings.